The minimum atomic E-state index is -1.24. The Morgan fingerprint density at radius 2 is 1.89 bits per heavy atom. The van der Waals surface area contributed by atoms with Crippen LogP contribution in [0.3, 0.4) is 0 Å². The molecule has 0 spiro atoms. The minimum absolute atomic E-state index is 0.248. The number of carbonyl (C=O) groups is 3. The second-order valence-electron chi connectivity index (χ2n) is 5.15. The van der Waals surface area contributed by atoms with Crippen molar-refractivity contribution in [2.45, 2.75) is 0 Å². The average molecular weight is 376 g/mol. The lowest BCUT2D eigenvalue weighted by Gasteiger charge is -2.12. The van der Waals surface area contributed by atoms with Crippen molar-refractivity contribution < 1.29 is 29.3 Å². The molecule has 0 atom stereocenters. The van der Waals surface area contributed by atoms with Gasteiger partial charge >= 0.3 is 5.97 Å². The fourth-order valence-electron chi connectivity index (χ4n) is 2.07. The van der Waals surface area contributed by atoms with Gasteiger partial charge in [-0.05, 0) is 12.1 Å². The number of hydrogen-bond donors (Lipinski definition) is 4. The third-order valence-electron chi connectivity index (χ3n) is 3.29. The van der Waals surface area contributed by atoms with Gasteiger partial charge in [-0.25, -0.2) is 0 Å². The van der Waals surface area contributed by atoms with Gasteiger partial charge in [0.1, 0.15) is 18.0 Å². The van der Waals surface area contributed by atoms with E-state index in [1.54, 1.807) is 18.2 Å². The van der Waals surface area contributed by atoms with Crippen molar-refractivity contribution in [3.63, 3.8) is 0 Å². The summed E-state index contributed by atoms with van der Waals surface area (Å²) in [5.41, 5.74) is -0.947. The topological polar surface area (TPSA) is 160 Å². The van der Waals surface area contributed by atoms with Crippen LogP contribution < -0.4 is 20.9 Å². The molecule has 2 rings (SSSR count). The number of para-hydroxylation sites is 2. The molecule has 0 aliphatic carbocycles. The number of carboxylic acid groups (broad SMARTS) is 1. The van der Waals surface area contributed by atoms with Crippen LogP contribution in [-0.2, 0) is 9.59 Å². The molecule has 142 valence electrons. The number of carboxylic acids is 1. The van der Waals surface area contributed by atoms with E-state index in [9.17, 15) is 24.3 Å². The fourth-order valence-corrected chi connectivity index (χ4v) is 2.07. The van der Waals surface area contributed by atoms with Gasteiger partial charge in [0.2, 0.25) is 5.91 Å². The van der Waals surface area contributed by atoms with E-state index in [1.807, 2.05) is 0 Å². The maximum atomic E-state index is 12.2. The minimum Gasteiger partial charge on any atom is -0.505 e. The van der Waals surface area contributed by atoms with Crippen molar-refractivity contribution in [2.75, 3.05) is 20.2 Å². The molecular weight excluding hydrogens is 360 g/mol. The van der Waals surface area contributed by atoms with Crippen LogP contribution in [0.2, 0.25) is 0 Å². The van der Waals surface area contributed by atoms with Crippen LogP contribution in [0.1, 0.15) is 10.5 Å². The van der Waals surface area contributed by atoms with Crippen LogP contribution in [0, 0.1) is 0 Å². The average Bonchev–Trinajstić information content (AvgIpc) is 2.64. The molecule has 0 radical (unpaired) electrons. The number of amides is 2. The van der Waals surface area contributed by atoms with Crippen LogP contribution in [0.4, 0.5) is 0 Å². The quantitative estimate of drug-likeness (QED) is 0.472. The molecule has 11 nitrogen and oxygen atoms in total. The molecule has 0 saturated heterocycles. The highest BCUT2D eigenvalue weighted by Gasteiger charge is 2.19. The molecule has 0 fully saturated rings. The number of nitrogens with one attached hydrogen (secondary N) is 2. The predicted molar refractivity (Wildman–Crippen MR) is 91.0 cm³/mol. The van der Waals surface area contributed by atoms with Gasteiger partial charge in [-0.3, -0.25) is 19.2 Å². The van der Waals surface area contributed by atoms with Crippen LogP contribution in [0.25, 0.3) is 5.69 Å². The van der Waals surface area contributed by atoms with Gasteiger partial charge in [0.25, 0.3) is 11.5 Å². The largest absolute Gasteiger partial charge is 0.505 e. The summed E-state index contributed by atoms with van der Waals surface area (Å²) >= 11 is 0. The van der Waals surface area contributed by atoms with E-state index in [1.165, 1.54) is 13.2 Å². The zero-order valence-corrected chi connectivity index (χ0v) is 14.1. The molecular formula is C16H16N4O7. The highest BCUT2D eigenvalue weighted by molar-refractivity contribution is 5.97. The van der Waals surface area contributed by atoms with Crippen molar-refractivity contribution >= 4 is 17.8 Å². The predicted octanol–water partition coefficient (Wildman–Crippen LogP) is -1.12. The number of rotatable bonds is 7. The van der Waals surface area contributed by atoms with Crippen molar-refractivity contribution in [1.29, 1.82) is 0 Å². The highest BCUT2D eigenvalue weighted by Crippen LogP contribution is 2.21. The Balaban J connectivity index is 2.25. The van der Waals surface area contributed by atoms with Crippen LogP contribution >= 0.6 is 0 Å². The Morgan fingerprint density at radius 3 is 2.56 bits per heavy atom. The molecule has 1 aromatic carbocycles. The maximum Gasteiger partial charge on any atom is 0.322 e. The van der Waals surface area contributed by atoms with Gasteiger partial charge in [-0.2, -0.15) is 9.78 Å². The van der Waals surface area contributed by atoms with E-state index in [2.05, 4.69) is 15.7 Å². The molecule has 11 heteroatoms. The Bertz CT molecular complexity index is 939. The Kier molecular flexibility index (Phi) is 6.10. The van der Waals surface area contributed by atoms with E-state index in [-0.39, 0.29) is 5.69 Å². The SMILES string of the molecule is COc1ccccc1-n1nc(C(=O)NCC(=O)NCC(=O)O)c(O)cc1=O. The summed E-state index contributed by atoms with van der Waals surface area (Å²) < 4.78 is 6.02. The molecule has 2 aromatic rings. The molecule has 2 amide bonds. The molecule has 1 aromatic heterocycles. The Hall–Kier alpha value is -3.89. The number of ether oxygens (including phenoxy) is 1. The Morgan fingerprint density at radius 1 is 1.19 bits per heavy atom. The third kappa shape index (κ3) is 4.81. The summed E-state index contributed by atoms with van der Waals surface area (Å²) in [5.74, 6) is -3.27. The third-order valence-corrected chi connectivity index (χ3v) is 3.29. The summed E-state index contributed by atoms with van der Waals surface area (Å²) in [7, 11) is 1.40. The van der Waals surface area contributed by atoms with Crippen LogP contribution in [0.5, 0.6) is 11.5 Å². The van der Waals surface area contributed by atoms with Crippen LogP contribution in [0.15, 0.2) is 35.1 Å². The molecule has 4 N–H and O–H groups in total. The van der Waals surface area contributed by atoms with E-state index >= 15 is 0 Å². The molecule has 1 heterocycles. The molecule has 0 aliphatic heterocycles. The normalized spacial score (nSPS) is 10.1. The lowest BCUT2D eigenvalue weighted by atomic mass is 10.3. The lowest BCUT2D eigenvalue weighted by molar-refractivity contribution is -0.137. The number of benzene rings is 1. The fraction of sp³-hybridized carbons (Fsp3) is 0.188. The number of nitrogens with zero attached hydrogens (tertiary/aromatic N) is 2. The van der Waals surface area contributed by atoms with E-state index < -0.39 is 47.9 Å². The van der Waals surface area contributed by atoms with E-state index in [0.717, 1.165) is 10.7 Å². The lowest BCUT2D eigenvalue weighted by Crippen LogP contribution is -2.39. The monoisotopic (exact) mass is 376 g/mol. The molecule has 0 bridgehead atoms. The second-order valence-corrected chi connectivity index (χ2v) is 5.15. The molecule has 0 saturated carbocycles. The van der Waals surface area contributed by atoms with Gasteiger partial charge < -0.3 is 25.6 Å². The maximum absolute atomic E-state index is 12.2. The molecule has 27 heavy (non-hydrogen) atoms. The van der Waals surface area contributed by atoms with Crippen molar-refractivity contribution in [3.05, 3.63) is 46.4 Å². The standard InChI is InChI=1S/C16H16N4O7/c1-27-11-5-3-2-4-9(11)20-13(23)6-10(21)15(19-20)16(26)18-7-12(22)17-8-14(24)25/h2-6,21H,7-8H2,1H3,(H,17,22)(H,18,26)(H,24,25). The van der Waals surface area contributed by atoms with Gasteiger partial charge in [0, 0.05) is 6.07 Å². The van der Waals surface area contributed by atoms with Crippen molar-refractivity contribution in [3.8, 4) is 17.2 Å². The first-order valence-corrected chi connectivity index (χ1v) is 7.57. The van der Waals surface area contributed by atoms with Gasteiger partial charge in [0.05, 0.1) is 13.7 Å². The van der Waals surface area contributed by atoms with Gasteiger partial charge in [-0.15, -0.1) is 0 Å². The summed E-state index contributed by atoms with van der Waals surface area (Å²) in [6.45, 7) is -1.14. The van der Waals surface area contributed by atoms with Gasteiger partial charge in [0.15, 0.2) is 11.4 Å². The van der Waals surface area contributed by atoms with Gasteiger partial charge in [-0.1, -0.05) is 12.1 Å². The first-order chi connectivity index (χ1) is 12.8. The zero-order chi connectivity index (χ0) is 20.0. The molecule has 0 unspecified atom stereocenters. The summed E-state index contributed by atoms with van der Waals surface area (Å²) in [6, 6.07) is 7.23. The van der Waals surface area contributed by atoms with Crippen molar-refractivity contribution in [1.82, 2.24) is 20.4 Å². The first kappa shape index (κ1) is 19.4. The summed E-state index contributed by atoms with van der Waals surface area (Å²) in [6.07, 6.45) is 0. The van der Waals surface area contributed by atoms with E-state index in [4.69, 9.17) is 9.84 Å². The van der Waals surface area contributed by atoms with Crippen LogP contribution in [-0.4, -0.2) is 58.0 Å². The smallest absolute Gasteiger partial charge is 0.322 e. The van der Waals surface area contributed by atoms with E-state index in [0.29, 0.717) is 5.75 Å². The number of aromatic nitrogens is 2. The number of aromatic hydroxyl groups is 1. The Labute approximate surface area is 152 Å². The number of carbonyl (C=O) groups excluding carboxylic acids is 2. The van der Waals surface area contributed by atoms with Crippen molar-refractivity contribution in [2.24, 2.45) is 0 Å². The highest BCUT2D eigenvalue weighted by atomic mass is 16.5. The zero-order valence-electron chi connectivity index (χ0n) is 14.1. The first-order valence-electron chi connectivity index (χ1n) is 7.57. The summed E-state index contributed by atoms with van der Waals surface area (Å²) in [5, 5.41) is 26.4. The summed E-state index contributed by atoms with van der Waals surface area (Å²) in [4.78, 5) is 46.1. The number of aliphatic carboxylic acids is 1. The second kappa shape index (κ2) is 8.47. The molecule has 0 aliphatic rings. The number of hydrogen-bond acceptors (Lipinski definition) is 7. The number of methoxy groups -OCH3 is 1.